The first-order valence-electron chi connectivity index (χ1n) is 9.69. The van der Waals surface area contributed by atoms with Crippen molar-refractivity contribution in [3.05, 3.63) is 63.9 Å². The maximum absolute atomic E-state index is 12.9. The molecule has 0 spiro atoms. The molecular weight excluding hydrogens is 444 g/mol. The number of aromatic nitrogens is 2. The van der Waals surface area contributed by atoms with E-state index in [0.717, 1.165) is 5.75 Å². The Morgan fingerprint density at radius 1 is 1.03 bits per heavy atom. The molecule has 1 N–H and O–H groups in total. The minimum absolute atomic E-state index is 0.143. The lowest BCUT2D eigenvalue weighted by atomic mass is 10.3. The third-order valence-corrected chi connectivity index (χ3v) is 6.95. The van der Waals surface area contributed by atoms with Gasteiger partial charge in [0, 0.05) is 43.8 Å². The van der Waals surface area contributed by atoms with E-state index < -0.39 is 10.0 Å². The van der Waals surface area contributed by atoms with E-state index >= 15 is 0 Å². The fraction of sp³-hybridized carbons (Fsp3) is 0.300. The van der Waals surface area contributed by atoms with Crippen LogP contribution in [0.5, 0.6) is 5.75 Å². The second-order valence-electron chi connectivity index (χ2n) is 6.97. The molecule has 2 aromatic heterocycles. The van der Waals surface area contributed by atoms with E-state index in [9.17, 15) is 13.2 Å². The molecule has 1 aromatic carbocycles. The Balaban J connectivity index is 1.31. The number of rotatable bonds is 7. The summed E-state index contributed by atoms with van der Waals surface area (Å²) in [5, 5.41) is 6.67. The zero-order chi connectivity index (χ0) is 21.8. The maximum atomic E-state index is 12.9. The summed E-state index contributed by atoms with van der Waals surface area (Å²) in [6.07, 6.45) is 0. The van der Waals surface area contributed by atoms with Gasteiger partial charge in [-0.25, -0.2) is 13.5 Å². The van der Waals surface area contributed by atoms with E-state index in [-0.39, 0.29) is 16.4 Å². The molecule has 0 amide bonds. The van der Waals surface area contributed by atoms with Crippen LogP contribution in [0.4, 0.5) is 0 Å². The fourth-order valence-electron chi connectivity index (χ4n) is 3.22. The molecule has 0 atom stereocenters. The van der Waals surface area contributed by atoms with E-state index in [1.54, 1.807) is 12.1 Å². The van der Waals surface area contributed by atoms with Gasteiger partial charge in [0.15, 0.2) is 5.76 Å². The summed E-state index contributed by atoms with van der Waals surface area (Å²) in [5.74, 6) is 1.02. The van der Waals surface area contributed by atoms with Gasteiger partial charge in [0.05, 0.1) is 0 Å². The molecule has 0 unspecified atom stereocenters. The molecule has 0 saturated carbocycles. The number of furan rings is 1. The summed E-state index contributed by atoms with van der Waals surface area (Å²) in [5.41, 5.74) is 0.00569. The van der Waals surface area contributed by atoms with E-state index in [0.29, 0.717) is 50.0 Å². The molecule has 0 radical (unpaired) electrons. The molecule has 3 aromatic rings. The van der Waals surface area contributed by atoms with Crippen LogP contribution in [0.15, 0.2) is 62.8 Å². The van der Waals surface area contributed by atoms with Crippen molar-refractivity contribution in [1.29, 1.82) is 0 Å². The number of benzene rings is 1. The molecule has 1 saturated heterocycles. The van der Waals surface area contributed by atoms with Crippen LogP contribution in [0.25, 0.3) is 11.5 Å². The first-order chi connectivity index (χ1) is 14.9. The van der Waals surface area contributed by atoms with Gasteiger partial charge in [-0.3, -0.25) is 9.69 Å². The number of nitrogens with one attached hydrogen (secondary N) is 1. The fourth-order valence-corrected chi connectivity index (χ4v) is 4.68. The smallest absolute Gasteiger partial charge is 0.276 e. The number of hydrogen-bond donors (Lipinski definition) is 1. The van der Waals surface area contributed by atoms with Crippen molar-refractivity contribution < 1.29 is 17.6 Å². The number of nitrogens with zero attached hydrogens (tertiary/aromatic N) is 3. The van der Waals surface area contributed by atoms with Crippen molar-refractivity contribution in [2.75, 3.05) is 39.3 Å². The molecule has 1 fully saturated rings. The molecule has 0 bridgehead atoms. The van der Waals surface area contributed by atoms with Crippen molar-refractivity contribution in [3.8, 4) is 17.2 Å². The zero-order valence-electron chi connectivity index (χ0n) is 16.5. The van der Waals surface area contributed by atoms with Crippen LogP contribution in [-0.2, 0) is 10.0 Å². The van der Waals surface area contributed by atoms with Crippen molar-refractivity contribution >= 4 is 21.6 Å². The molecule has 31 heavy (non-hydrogen) atoms. The Morgan fingerprint density at radius 3 is 2.45 bits per heavy atom. The van der Waals surface area contributed by atoms with Crippen molar-refractivity contribution in [2.24, 2.45) is 0 Å². The maximum Gasteiger partial charge on any atom is 0.276 e. The molecule has 1 aliphatic heterocycles. The van der Waals surface area contributed by atoms with Crippen LogP contribution in [0.1, 0.15) is 0 Å². The molecule has 3 heterocycles. The lowest BCUT2D eigenvalue weighted by Crippen LogP contribution is -2.49. The van der Waals surface area contributed by atoms with Gasteiger partial charge in [-0.05, 0) is 42.5 Å². The van der Waals surface area contributed by atoms with Crippen LogP contribution in [0, 0.1) is 0 Å². The minimum atomic E-state index is -3.75. The molecule has 164 valence electrons. The van der Waals surface area contributed by atoms with Crippen LogP contribution in [-0.4, -0.2) is 67.2 Å². The topological polar surface area (TPSA) is 109 Å². The molecule has 1 aliphatic rings. The summed E-state index contributed by atoms with van der Waals surface area (Å²) < 4.78 is 38.5. The molecular formula is C20H21ClN4O5S. The highest BCUT2D eigenvalue weighted by Crippen LogP contribution is 2.25. The summed E-state index contributed by atoms with van der Waals surface area (Å²) in [6, 6.07) is 12.9. The highest BCUT2D eigenvalue weighted by Gasteiger charge is 2.31. The van der Waals surface area contributed by atoms with E-state index in [2.05, 4.69) is 15.1 Å². The Kier molecular flexibility index (Phi) is 6.42. The standard InChI is InChI=1S/C20H21ClN4O5S/c21-15-1-3-16(4-2-15)29-14-13-24-9-11-25(12-10-24)31(27,28)20-8-6-18(30-20)17-5-7-19(26)23-22-17/h1-8H,9-14H2,(H,23,26). The van der Waals surface area contributed by atoms with Crippen LogP contribution in [0.2, 0.25) is 5.02 Å². The van der Waals surface area contributed by atoms with Gasteiger partial charge in [-0.1, -0.05) is 11.6 Å². The monoisotopic (exact) mass is 464 g/mol. The molecule has 0 aliphatic carbocycles. The Morgan fingerprint density at radius 2 is 1.77 bits per heavy atom. The lowest BCUT2D eigenvalue weighted by Gasteiger charge is -2.33. The quantitative estimate of drug-likeness (QED) is 0.570. The summed E-state index contributed by atoms with van der Waals surface area (Å²) in [7, 11) is -3.75. The number of sulfonamides is 1. The zero-order valence-corrected chi connectivity index (χ0v) is 18.1. The van der Waals surface area contributed by atoms with Gasteiger partial charge in [0.25, 0.3) is 15.6 Å². The molecule has 9 nitrogen and oxygen atoms in total. The van der Waals surface area contributed by atoms with Gasteiger partial charge in [-0.2, -0.15) is 9.40 Å². The highest BCUT2D eigenvalue weighted by molar-refractivity contribution is 7.89. The third kappa shape index (κ3) is 5.16. The Hall–Kier alpha value is -2.66. The number of ether oxygens (including phenoxy) is 1. The predicted molar refractivity (Wildman–Crippen MR) is 115 cm³/mol. The number of hydrogen-bond acceptors (Lipinski definition) is 7. The Labute approximate surface area is 184 Å². The van der Waals surface area contributed by atoms with Crippen molar-refractivity contribution in [2.45, 2.75) is 5.09 Å². The highest BCUT2D eigenvalue weighted by atomic mass is 35.5. The largest absolute Gasteiger partial charge is 0.492 e. The van der Waals surface area contributed by atoms with Gasteiger partial charge in [-0.15, -0.1) is 0 Å². The summed E-state index contributed by atoms with van der Waals surface area (Å²) >= 11 is 5.86. The minimum Gasteiger partial charge on any atom is -0.492 e. The van der Waals surface area contributed by atoms with E-state index in [1.807, 2.05) is 12.1 Å². The van der Waals surface area contributed by atoms with Crippen LogP contribution < -0.4 is 10.3 Å². The summed E-state index contributed by atoms with van der Waals surface area (Å²) in [6.45, 7) is 3.10. The normalized spacial score (nSPS) is 15.8. The van der Waals surface area contributed by atoms with Crippen LogP contribution in [0.3, 0.4) is 0 Å². The summed E-state index contributed by atoms with van der Waals surface area (Å²) in [4.78, 5) is 13.3. The molecule has 11 heteroatoms. The van der Waals surface area contributed by atoms with Gasteiger partial charge in [0.1, 0.15) is 18.1 Å². The Bertz CT molecular complexity index is 1160. The second kappa shape index (κ2) is 9.23. The number of H-pyrrole nitrogens is 1. The average molecular weight is 465 g/mol. The van der Waals surface area contributed by atoms with Gasteiger partial charge >= 0.3 is 0 Å². The van der Waals surface area contributed by atoms with E-state index in [1.165, 1.54) is 28.6 Å². The SMILES string of the molecule is O=c1ccc(-c2ccc(S(=O)(=O)N3CCN(CCOc4ccc(Cl)cc4)CC3)o2)n[nH]1. The van der Waals surface area contributed by atoms with Gasteiger partial charge < -0.3 is 9.15 Å². The van der Waals surface area contributed by atoms with Gasteiger partial charge in [0.2, 0.25) is 5.09 Å². The van der Waals surface area contributed by atoms with Crippen molar-refractivity contribution in [3.63, 3.8) is 0 Å². The lowest BCUT2D eigenvalue weighted by molar-refractivity contribution is 0.158. The van der Waals surface area contributed by atoms with Crippen molar-refractivity contribution in [1.82, 2.24) is 19.4 Å². The third-order valence-electron chi connectivity index (χ3n) is 4.93. The average Bonchev–Trinajstić information content (AvgIpc) is 3.27. The number of halogens is 1. The predicted octanol–water partition coefficient (Wildman–Crippen LogP) is 2.07. The van der Waals surface area contributed by atoms with Crippen LogP contribution >= 0.6 is 11.6 Å². The molecule has 4 rings (SSSR count). The number of aromatic amines is 1. The number of piperazine rings is 1. The first kappa shape index (κ1) is 21.6. The van der Waals surface area contributed by atoms with E-state index in [4.69, 9.17) is 20.8 Å². The first-order valence-corrected chi connectivity index (χ1v) is 11.5. The second-order valence-corrected chi connectivity index (χ2v) is 9.28.